The van der Waals surface area contributed by atoms with Gasteiger partial charge in [-0.1, -0.05) is 6.92 Å². The van der Waals surface area contributed by atoms with E-state index in [1.165, 1.54) is 13.3 Å². The van der Waals surface area contributed by atoms with Crippen molar-refractivity contribution in [2.75, 3.05) is 13.6 Å². The van der Waals surface area contributed by atoms with Crippen LogP contribution in [0.3, 0.4) is 0 Å². The molecule has 5 heteroatoms. The van der Waals surface area contributed by atoms with Crippen molar-refractivity contribution >= 4 is 18.2 Å². The Morgan fingerprint density at radius 3 is 2.42 bits per heavy atom. The predicted molar refractivity (Wildman–Crippen MR) is 42.2 cm³/mol. The second kappa shape index (κ2) is 5.29. The fourth-order valence-corrected chi connectivity index (χ4v) is 0.664. The van der Waals surface area contributed by atoms with Crippen LogP contribution in [0.2, 0.25) is 0 Å². The van der Waals surface area contributed by atoms with Gasteiger partial charge < -0.3 is 5.32 Å². The van der Waals surface area contributed by atoms with E-state index in [4.69, 9.17) is 0 Å². The van der Waals surface area contributed by atoms with E-state index in [1.54, 1.807) is 6.92 Å². The first-order chi connectivity index (χ1) is 5.67. The van der Waals surface area contributed by atoms with E-state index in [2.05, 4.69) is 5.32 Å². The molecule has 0 spiro atoms. The predicted octanol–water partition coefficient (Wildman–Crippen LogP) is -0.326. The maximum Gasteiger partial charge on any atom is 0.324 e. The van der Waals surface area contributed by atoms with E-state index in [1.807, 2.05) is 0 Å². The fraction of sp³-hybridized carbons (Fsp3) is 0.571. The molecule has 0 aromatic carbocycles. The minimum Gasteiger partial charge on any atom is -0.341 e. The van der Waals surface area contributed by atoms with E-state index < -0.39 is 11.9 Å². The number of nitrogens with zero attached hydrogens (tertiary/aromatic N) is 1. The van der Waals surface area contributed by atoms with E-state index in [9.17, 15) is 14.4 Å². The molecule has 0 aromatic heterocycles. The van der Waals surface area contributed by atoms with Crippen LogP contribution in [0, 0.1) is 0 Å². The van der Waals surface area contributed by atoms with Crippen LogP contribution >= 0.6 is 0 Å². The molecule has 0 aliphatic carbocycles. The maximum atomic E-state index is 11.0. The Kier molecular flexibility index (Phi) is 4.67. The Hall–Kier alpha value is -1.39. The lowest BCUT2D eigenvalue weighted by Crippen LogP contribution is -2.43. The Morgan fingerprint density at radius 2 is 2.08 bits per heavy atom. The molecule has 0 saturated heterocycles. The standard InChI is InChI=1S/C7H11N2O3/c1-3-6(11)9(4-5-10)7(12)8-2/h3-4H2,1-2H3,(H,8,12). The number of nitrogens with one attached hydrogen (secondary N) is 1. The minimum absolute atomic E-state index is 0.190. The molecule has 1 radical (unpaired) electrons. The minimum atomic E-state index is -0.579. The molecule has 0 fully saturated rings. The smallest absolute Gasteiger partial charge is 0.324 e. The van der Waals surface area contributed by atoms with Crippen molar-refractivity contribution in [2.45, 2.75) is 13.3 Å². The second-order valence-electron chi connectivity index (χ2n) is 2.03. The van der Waals surface area contributed by atoms with Gasteiger partial charge in [0.1, 0.15) is 0 Å². The molecule has 0 aliphatic rings. The van der Waals surface area contributed by atoms with Gasteiger partial charge in [-0.25, -0.2) is 4.79 Å². The van der Waals surface area contributed by atoms with Gasteiger partial charge in [0.05, 0.1) is 6.54 Å². The number of hydrogen-bond acceptors (Lipinski definition) is 3. The van der Waals surface area contributed by atoms with Gasteiger partial charge in [0.2, 0.25) is 12.2 Å². The topological polar surface area (TPSA) is 66.5 Å². The summed E-state index contributed by atoms with van der Waals surface area (Å²) in [4.78, 5) is 32.7. The number of rotatable bonds is 3. The number of carbonyl (C=O) groups excluding carboxylic acids is 3. The van der Waals surface area contributed by atoms with Crippen molar-refractivity contribution in [1.29, 1.82) is 0 Å². The van der Waals surface area contributed by atoms with Crippen LogP contribution in [0.15, 0.2) is 0 Å². The zero-order valence-electron chi connectivity index (χ0n) is 7.09. The molecule has 0 unspecified atom stereocenters. The van der Waals surface area contributed by atoms with Crippen molar-refractivity contribution < 1.29 is 14.4 Å². The van der Waals surface area contributed by atoms with Gasteiger partial charge in [0.25, 0.3) is 0 Å². The average Bonchev–Trinajstić information content (AvgIpc) is 2.11. The van der Waals surface area contributed by atoms with Gasteiger partial charge in [-0.3, -0.25) is 14.5 Å². The monoisotopic (exact) mass is 171 g/mol. The summed E-state index contributed by atoms with van der Waals surface area (Å²) in [6, 6.07) is -0.579. The lowest BCUT2D eigenvalue weighted by Gasteiger charge is -2.15. The highest BCUT2D eigenvalue weighted by molar-refractivity contribution is 5.95. The summed E-state index contributed by atoms with van der Waals surface area (Å²) >= 11 is 0. The largest absolute Gasteiger partial charge is 0.341 e. The maximum absolute atomic E-state index is 11.0. The molecule has 1 N–H and O–H groups in total. The van der Waals surface area contributed by atoms with Crippen LogP contribution in [-0.4, -0.2) is 36.7 Å². The average molecular weight is 171 g/mol. The Balaban J connectivity index is 4.31. The molecular formula is C7H11N2O3. The van der Waals surface area contributed by atoms with Crippen LogP contribution in [0.4, 0.5) is 4.79 Å². The number of carbonyl (C=O) groups is 2. The van der Waals surface area contributed by atoms with E-state index in [0.717, 1.165) is 4.90 Å². The number of imide groups is 1. The quantitative estimate of drug-likeness (QED) is 0.632. The summed E-state index contributed by atoms with van der Waals surface area (Å²) < 4.78 is 0. The lowest BCUT2D eigenvalue weighted by atomic mass is 10.4. The molecule has 12 heavy (non-hydrogen) atoms. The van der Waals surface area contributed by atoms with Crippen LogP contribution in [0.25, 0.3) is 0 Å². The summed E-state index contributed by atoms with van der Waals surface area (Å²) in [5.41, 5.74) is 0. The molecule has 0 rings (SSSR count). The SMILES string of the molecule is CCC(=O)N(C[C]=O)C(=O)NC. The summed E-state index contributed by atoms with van der Waals surface area (Å²) in [5.74, 6) is -0.391. The third-order valence-corrected chi connectivity index (χ3v) is 1.29. The number of hydrogen-bond donors (Lipinski definition) is 1. The molecule has 0 bridgehead atoms. The highest BCUT2D eigenvalue weighted by Crippen LogP contribution is 1.92. The molecule has 0 aliphatic heterocycles. The van der Waals surface area contributed by atoms with Gasteiger partial charge in [-0.15, -0.1) is 0 Å². The fourth-order valence-electron chi connectivity index (χ4n) is 0.664. The molecule has 0 heterocycles. The lowest BCUT2D eigenvalue weighted by molar-refractivity contribution is -0.127. The summed E-state index contributed by atoms with van der Waals surface area (Å²) in [5, 5.41) is 2.25. The first-order valence-electron chi connectivity index (χ1n) is 3.54. The summed E-state index contributed by atoms with van der Waals surface area (Å²) in [6.45, 7) is 1.30. The Labute approximate surface area is 70.7 Å². The van der Waals surface area contributed by atoms with Gasteiger partial charge in [0, 0.05) is 13.5 Å². The van der Waals surface area contributed by atoms with Crippen molar-refractivity contribution in [3.8, 4) is 0 Å². The zero-order valence-corrected chi connectivity index (χ0v) is 7.09. The molecule has 67 valence electrons. The molecule has 3 amide bonds. The van der Waals surface area contributed by atoms with E-state index >= 15 is 0 Å². The Morgan fingerprint density at radius 1 is 1.50 bits per heavy atom. The molecule has 0 saturated carbocycles. The third-order valence-electron chi connectivity index (χ3n) is 1.29. The molecular weight excluding hydrogens is 160 g/mol. The van der Waals surface area contributed by atoms with E-state index in [-0.39, 0.29) is 13.0 Å². The van der Waals surface area contributed by atoms with Gasteiger partial charge >= 0.3 is 6.03 Å². The first-order valence-corrected chi connectivity index (χ1v) is 3.54. The van der Waals surface area contributed by atoms with Gasteiger partial charge in [0.15, 0.2) is 0 Å². The highest BCUT2D eigenvalue weighted by atomic mass is 16.2. The summed E-state index contributed by atoms with van der Waals surface area (Å²) in [6.07, 6.45) is 1.68. The highest BCUT2D eigenvalue weighted by Gasteiger charge is 2.17. The van der Waals surface area contributed by atoms with Gasteiger partial charge in [-0.2, -0.15) is 0 Å². The second-order valence-corrected chi connectivity index (χ2v) is 2.03. The number of amides is 3. The molecule has 0 aromatic rings. The van der Waals surface area contributed by atoms with Crippen LogP contribution in [0.5, 0.6) is 0 Å². The zero-order chi connectivity index (χ0) is 9.56. The van der Waals surface area contributed by atoms with E-state index in [0.29, 0.717) is 0 Å². The van der Waals surface area contributed by atoms with Gasteiger partial charge in [-0.05, 0) is 0 Å². The van der Waals surface area contributed by atoms with Crippen LogP contribution in [-0.2, 0) is 9.59 Å². The third kappa shape index (κ3) is 2.69. The normalized spacial score (nSPS) is 8.83. The van der Waals surface area contributed by atoms with Crippen molar-refractivity contribution in [3.63, 3.8) is 0 Å². The van der Waals surface area contributed by atoms with Crippen molar-refractivity contribution in [3.05, 3.63) is 0 Å². The summed E-state index contributed by atoms with van der Waals surface area (Å²) in [7, 11) is 1.39. The molecule has 0 atom stereocenters. The van der Waals surface area contributed by atoms with Crippen molar-refractivity contribution in [1.82, 2.24) is 10.2 Å². The number of urea groups is 1. The van der Waals surface area contributed by atoms with Crippen LogP contribution < -0.4 is 5.32 Å². The Bertz CT molecular complexity index is 175. The first kappa shape index (κ1) is 10.6. The van der Waals surface area contributed by atoms with Crippen LogP contribution in [0.1, 0.15) is 13.3 Å². The van der Waals surface area contributed by atoms with Crippen molar-refractivity contribution in [2.24, 2.45) is 0 Å². The molecule has 5 nitrogen and oxygen atoms in total.